The van der Waals surface area contributed by atoms with Crippen LogP contribution in [0.5, 0.6) is 0 Å². The molecule has 1 atom stereocenters. The summed E-state index contributed by atoms with van der Waals surface area (Å²) in [6.07, 6.45) is 1.74. The van der Waals surface area contributed by atoms with Gasteiger partial charge in [0.15, 0.2) is 0 Å². The maximum absolute atomic E-state index is 10.8. The fourth-order valence-electron chi connectivity index (χ4n) is 1.89. The van der Waals surface area contributed by atoms with Crippen LogP contribution in [0.3, 0.4) is 0 Å². The van der Waals surface area contributed by atoms with E-state index < -0.39 is 5.60 Å². The predicted molar refractivity (Wildman–Crippen MR) is 77.8 cm³/mol. The smallest absolute Gasteiger partial charge is 0.102 e. The summed E-state index contributed by atoms with van der Waals surface area (Å²) in [6.45, 7) is 11.1. The molecule has 18 heavy (non-hydrogen) atoms. The van der Waals surface area contributed by atoms with Crippen molar-refractivity contribution in [3.05, 3.63) is 35.4 Å². The topological polar surface area (TPSA) is 32.3 Å². The van der Waals surface area contributed by atoms with Gasteiger partial charge in [-0.2, -0.15) is 0 Å². The summed E-state index contributed by atoms with van der Waals surface area (Å²) in [5.74, 6) is 0. The Balaban J connectivity index is 2.85. The average Bonchev–Trinajstić information content (AvgIpc) is 2.35. The number of aliphatic hydroxyl groups is 1. The first kappa shape index (κ1) is 15.2. The van der Waals surface area contributed by atoms with Crippen LogP contribution in [0.2, 0.25) is 0 Å². The van der Waals surface area contributed by atoms with Gasteiger partial charge in [0.25, 0.3) is 0 Å². The lowest BCUT2D eigenvalue weighted by atomic mass is 9.89. The Morgan fingerprint density at radius 2 is 1.61 bits per heavy atom. The second kappa shape index (κ2) is 5.85. The molecule has 0 aliphatic rings. The van der Waals surface area contributed by atoms with Crippen molar-refractivity contribution >= 4 is 0 Å². The van der Waals surface area contributed by atoms with Gasteiger partial charge in [-0.3, -0.25) is 0 Å². The highest BCUT2D eigenvalue weighted by atomic mass is 16.3. The van der Waals surface area contributed by atoms with E-state index in [1.54, 1.807) is 0 Å². The Kier molecular flexibility index (Phi) is 4.94. The minimum absolute atomic E-state index is 0.0203. The van der Waals surface area contributed by atoms with Gasteiger partial charge in [-0.15, -0.1) is 0 Å². The molecule has 2 N–H and O–H groups in total. The van der Waals surface area contributed by atoms with Gasteiger partial charge in [0.1, 0.15) is 5.60 Å². The van der Waals surface area contributed by atoms with Crippen molar-refractivity contribution in [3.63, 3.8) is 0 Å². The molecule has 0 bridgehead atoms. The van der Waals surface area contributed by atoms with Gasteiger partial charge < -0.3 is 10.4 Å². The standard InChI is InChI=1S/C16H27NO/c1-6-13-8-10-14(11-9-13)16(18,7-2)12-17-15(3,4)5/h8-11,17-18H,6-7,12H2,1-5H3. The van der Waals surface area contributed by atoms with Gasteiger partial charge >= 0.3 is 0 Å². The van der Waals surface area contributed by atoms with Crippen LogP contribution in [0, 0.1) is 0 Å². The molecule has 0 aliphatic heterocycles. The Hall–Kier alpha value is -0.860. The summed E-state index contributed by atoms with van der Waals surface area (Å²) < 4.78 is 0. The molecular weight excluding hydrogens is 222 g/mol. The van der Waals surface area contributed by atoms with E-state index >= 15 is 0 Å². The molecule has 102 valence electrons. The normalized spacial score (nSPS) is 15.4. The zero-order valence-electron chi connectivity index (χ0n) is 12.4. The molecule has 1 rings (SSSR count). The van der Waals surface area contributed by atoms with Gasteiger partial charge in [-0.25, -0.2) is 0 Å². The number of aryl methyl sites for hydroxylation is 1. The first-order valence-electron chi connectivity index (χ1n) is 6.87. The minimum atomic E-state index is -0.778. The van der Waals surface area contributed by atoms with Crippen molar-refractivity contribution in [1.82, 2.24) is 5.32 Å². The lowest BCUT2D eigenvalue weighted by Crippen LogP contribution is -2.45. The fraction of sp³-hybridized carbons (Fsp3) is 0.625. The number of hydrogen-bond acceptors (Lipinski definition) is 2. The van der Waals surface area contributed by atoms with Crippen LogP contribution in [0.15, 0.2) is 24.3 Å². The molecule has 1 aromatic rings. The van der Waals surface area contributed by atoms with Gasteiger partial charge in [-0.1, -0.05) is 38.1 Å². The molecule has 0 saturated carbocycles. The molecule has 0 radical (unpaired) electrons. The van der Waals surface area contributed by atoms with E-state index in [0.717, 1.165) is 12.0 Å². The van der Waals surface area contributed by atoms with Crippen molar-refractivity contribution in [1.29, 1.82) is 0 Å². The second-order valence-corrected chi connectivity index (χ2v) is 6.04. The highest BCUT2D eigenvalue weighted by molar-refractivity contribution is 5.27. The first-order chi connectivity index (χ1) is 8.30. The number of nitrogens with one attached hydrogen (secondary N) is 1. The monoisotopic (exact) mass is 249 g/mol. The lowest BCUT2D eigenvalue weighted by molar-refractivity contribution is 0.0266. The van der Waals surface area contributed by atoms with Crippen molar-refractivity contribution in [2.24, 2.45) is 0 Å². The Morgan fingerprint density at radius 3 is 2.00 bits per heavy atom. The third kappa shape index (κ3) is 4.11. The SMILES string of the molecule is CCc1ccc(C(O)(CC)CNC(C)(C)C)cc1. The number of hydrogen-bond donors (Lipinski definition) is 2. The molecule has 0 spiro atoms. The van der Waals surface area contributed by atoms with E-state index in [0.29, 0.717) is 13.0 Å². The molecular formula is C16H27NO. The summed E-state index contributed by atoms with van der Waals surface area (Å²) in [6, 6.07) is 8.31. The maximum atomic E-state index is 10.8. The van der Waals surface area contributed by atoms with Crippen molar-refractivity contribution in [3.8, 4) is 0 Å². The molecule has 2 nitrogen and oxygen atoms in total. The van der Waals surface area contributed by atoms with E-state index in [1.807, 2.05) is 19.1 Å². The number of benzene rings is 1. The molecule has 0 amide bonds. The van der Waals surface area contributed by atoms with Crippen LogP contribution >= 0.6 is 0 Å². The largest absolute Gasteiger partial charge is 0.384 e. The van der Waals surface area contributed by atoms with Crippen LogP contribution in [0.25, 0.3) is 0 Å². The van der Waals surface area contributed by atoms with Crippen LogP contribution in [-0.2, 0) is 12.0 Å². The molecule has 1 unspecified atom stereocenters. The third-order valence-corrected chi connectivity index (χ3v) is 3.40. The van der Waals surface area contributed by atoms with E-state index in [4.69, 9.17) is 0 Å². The summed E-state index contributed by atoms with van der Waals surface area (Å²) >= 11 is 0. The molecule has 0 aliphatic carbocycles. The zero-order valence-corrected chi connectivity index (χ0v) is 12.4. The quantitative estimate of drug-likeness (QED) is 0.839. The average molecular weight is 249 g/mol. The number of rotatable bonds is 5. The van der Waals surface area contributed by atoms with E-state index in [-0.39, 0.29) is 5.54 Å². The molecule has 0 fully saturated rings. The van der Waals surface area contributed by atoms with Crippen molar-refractivity contribution < 1.29 is 5.11 Å². The zero-order chi connectivity index (χ0) is 13.8. The predicted octanol–water partition coefficient (Wildman–Crippen LogP) is 3.23. The maximum Gasteiger partial charge on any atom is 0.102 e. The summed E-state index contributed by atoms with van der Waals surface area (Å²) in [5, 5.41) is 14.1. The highest BCUT2D eigenvalue weighted by Crippen LogP contribution is 2.25. The molecule has 0 aromatic heterocycles. The van der Waals surface area contributed by atoms with E-state index in [9.17, 15) is 5.11 Å². The fourth-order valence-corrected chi connectivity index (χ4v) is 1.89. The number of β-amino-alcohol motifs (C(OH)–C–C–N with tert-alkyl or cyclic N) is 1. The minimum Gasteiger partial charge on any atom is -0.384 e. The first-order valence-corrected chi connectivity index (χ1v) is 6.87. The summed E-state index contributed by atoms with van der Waals surface area (Å²) in [7, 11) is 0. The van der Waals surface area contributed by atoms with E-state index in [1.165, 1.54) is 5.56 Å². The summed E-state index contributed by atoms with van der Waals surface area (Å²) in [4.78, 5) is 0. The van der Waals surface area contributed by atoms with Crippen LogP contribution < -0.4 is 5.32 Å². The second-order valence-electron chi connectivity index (χ2n) is 6.04. The molecule has 1 aromatic carbocycles. The van der Waals surface area contributed by atoms with Gasteiger partial charge in [-0.05, 0) is 44.7 Å². The summed E-state index contributed by atoms with van der Waals surface area (Å²) in [5.41, 5.74) is 1.55. The third-order valence-electron chi connectivity index (χ3n) is 3.40. The van der Waals surface area contributed by atoms with Crippen molar-refractivity contribution in [2.45, 2.75) is 58.6 Å². The van der Waals surface area contributed by atoms with Crippen LogP contribution in [0.4, 0.5) is 0 Å². The van der Waals surface area contributed by atoms with Gasteiger partial charge in [0.2, 0.25) is 0 Å². The van der Waals surface area contributed by atoms with E-state index in [2.05, 4.69) is 45.1 Å². The van der Waals surface area contributed by atoms with Crippen molar-refractivity contribution in [2.75, 3.05) is 6.54 Å². The van der Waals surface area contributed by atoms with Gasteiger partial charge in [0.05, 0.1) is 0 Å². The molecule has 0 heterocycles. The van der Waals surface area contributed by atoms with Crippen LogP contribution in [-0.4, -0.2) is 17.2 Å². The molecule has 0 saturated heterocycles. The lowest BCUT2D eigenvalue weighted by Gasteiger charge is -2.32. The Bertz CT molecular complexity index is 364. The highest BCUT2D eigenvalue weighted by Gasteiger charge is 2.28. The Morgan fingerprint density at radius 1 is 1.06 bits per heavy atom. The molecule has 2 heteroatoms. The van der Waals surface area contributed by atoms with Gasteiger partial charge in [0, 0.05) is 12.1 Å². The van der Waals surface area contributed by atoms with Crippen LogP contribution in [0.1, 0.15) is 52.2 Å². The Labute approximate surface area is 111 Å².